The maximum Gasteiger partial charge on any atom is 0.195 e. The Morgan fingerprint density at radius 1 is 1.14 bits per heavy atom. The van der Waals surface area contributed by atoms with Crippen LogP contribution in [0.15, 0.2) is 23.2 Å². The lowest BCUT2D eigenvalue weighted by Crippen LogP contribution is -2.34. The van der Waals surface area contributed by atoms with Crippen molar-refractivity contribution in [1.82, 2.24) is 5.32 Å². The summed E-state index contributed by atoms with van der Waals surface area (Å²) in [4.78, 5) is 4.24. The molecule has 0 bridgehead atoms. The summed E-state index contributed by atoms with van der Waals surface area (Å²) in [6, 6.07) is 5.70. The van der Waals surface area contributed by atoms with Crippen LogP contribution >= 0.6 is 0 Å². The van der Waals surface area contributed by atoms with Crippen LogP contribution in [0.1, 0.15) is 26.7 Å². The Morgan fingerprint density at radius 3 is 2.33 bits per heavy atom. The molecule has 0 radical (unpaired) electrons. The fourth-order valence-corrected chi connectivity index (χ4v) is 2.05. The second kappa shape index (κ2) is 9.10. The van der Waals surface area contributed by atoms with Crippen molar-refractivity contribution in [1.29, 1.82) is 0 Å². The van der Waals surface area contributed by atoms with Crippen LogP contribution in [-0.4, -0.2) is 33.8 Å². The molecule has 0 aliphatic heterocycles. The molecule has 0 saturated carbocycles. The molecule has 0 aromatic heterocycles. The number of aliphatic imine (C=N–C) groups is 1. The van der Waals surface area contributed by atoms with Gasteiger partial charge >= 0.3 is 0 Å². The SMILES string of the molecule is CCC(CC)CNC(=NC)Nc1ccc(OC)c(OC)c1. The number of rotatable bonds is 7. The fourth-order valence-electron chi connectivity index (χ4n) is 2.05. The summed E-state index contributed by atoms with van der Waals surface area (Å²) in [5.41, 5.74) is 0.908. The summed E-state index contributed by atoms with van der Waals surface area (Å²) >= 11 is 0. The molecule has 0 heterocycles. The Labute approximate surface area is 127 Å². The first-order chi connectivity index (χ1) is 10.2. The quantitative estimate of drug-likeness (QED) is 0.599. The summed E-state index contributed by atoms with van der Waals surface area (Å²) in [5.74, 6) is 2.82. The largest absolute Gasteiger partial charge is 0.493 e. The lowest BCUT2D eigenvalue weighted by molar-refractivity contribution is 0.355. The summed E-state index contributed by atoms with van der Waals surface area (Å²) in [6.07, 6.45) is 2.33. The van der Waals surface area contributed by atoms with Crippen molar-refractivity contribution in [3.05, 3.63) is 18.2 Å². The van der Waals surface area contributed by atoms with E-state index in [1.54, 1.807) is 21.3 Å². The van der Waals surface area contributed by atoms with E-state index in [2.05, 4.69) is 29.5 Å². The van der Waals surface area contributed by atoms with Gasteiger partial charge in [-0.1, -0.05) is 26.7 Å². The minimum absolute atomic E-state index is 0.661. The summed E-state index contributed by atoms with van der Waals surface area (Å²) in [6.45, 7) is 5.33. The van der Waals surface area contributed by atoms with Crippen molar-refractivity contribution in [2.45, 2.75) is 26.7 Å². The molecule has 0 saturated heterocycles. The van der Waals surface area contributed by atoms with Gasteiger partial charge in [0.25, 0.3) is 0 Å². The van der Waals surface area contributed by atoms with Crippen molar-refractivity contribution >= 4 is 11.6 Å². The average molecular weight is 293 g/mol. The van der Waals surface area contributed by atoms with Crippen LogP contribution in [-0.2, 0) is 0 Å². The van der Waals surface area contributed by atoms with Gasteiger partial charge in [-0.2, -0.15) is 0 Å². The lowest BCUT2D eigenvalue weighted by atomic mass is 10.0. The number of guanidine groups is 1. The molecule has 5 nitrogen and oxygen atoms in total. The summed E-state index contributed by atoms with van der Waals surface area (Å²) in [5, 5.41) is 6.61. The predicted octanol–water partition coefficient (Wildman–Crippen LogP) is 3.13. The molecule has 118 valence electrons. The van der Waals surface area contributed by atoms with Crippen LogP contribution in [0.3, 0.4) is 0 Å². The Kier molecular flexibility index (Phi) is 7.43. The lowest BCUT2D eigenvalue weighted by Gasteiger charge is -2.17. The molecule has 0 amide bonds. The number of nitrogens with one attached hydrogen (secondary N) is 2. The zero-order chi connectivity index (χ0) is 15.7. The minimum atomic E-state index is 0.661. The van der Waals surface area contributed by atoms with E-state index in [4.69, 9.17) is 9.47 Å². The molecular weight excluding hydrogens is 266 g/mol. The number of hydrogen-bond donors (Lipinski definition) is 2. The third kappa shape index (κ3) is 5.17. The maximum atomic E-state index is 5.30. The first-order valence-electron chi connectivity index (χ1n) is 7.38. The predicted molar refractivity (Wildman–Crippen MR) is 88.6 cm³/mol. The number of benzene rings is 1. The molecule has 1 aromatic rings. The molecule has 0 unspecified atom stereocenters. The van der Waals surface area contributed by atoms with Gasteiger partial charge in [-0.25, -0.2) is 0 Å². The van der Waals surface area contributed by atoms with Crippen LogP contribution in [0.5, 0.6) is 11.5 Å². The standard InChI is InChI=1S/C16H27N3O2/c1-6-12(7-2)11-18-16(17-3)19-13-8-9-14(20-4)15(10-13)21-5/h8-10,12H,6-7,11H2,1-5H3,(H2,17,18,19). The van der Waals surface area contributed by atoms with Crippen molar-refractivity contribution < 1.29 is 9.47 Å². The molecule has 2 N–H and O–H groups in total. The van der Waals surface area contributed by atoms with Gasteiger partial charge in [-0.05, 0) is 18.1 Å². The van der Waals surface area contributed by atoms with Gasteiger partial charge in [-0.3, -0.25) is 4.99 Å². The third-order valence-electron chi connectivity index (χ3n) is 3.58. The second-order valence-electron chi connectivity index (χ2n) is 4.83. The molecule has 0 aliphatic carbocycles. The minimum Gasteiger partial charge on any atom is -0.493 e. The van der Waals surface area contributed by atoms with Gasteiger partial charge in [0.2, 0.25) is 0 Å². The van der Waals surface area contributed by atoms with Gasteiger partial charge < -0.3 is 20.1 Å². The average Bonchev–Trinajstić information content (AvgIpc) is 2.54. The highest BCUT2D eigenvalue weighted by molar-refractivity contribution is 5.93. The Hall–Kier alpha value is -1.91. The zero-order valence-corrected chi connectivity index (χ0v) is 13.7. The number of ether oxygens (including phenoxy) is 2. The van der Waals surface area contributed by atoms with Crippen LogP contribution in [0.2, 0.25) is 0 Å². The molecule has 0 atom stereocenters. The van der Waals surface area contributed by atoms with E-state index in [1.165, 1.54) is 0 Å². The van der Waals surface area contributed by atoms with Gasteiger partial charge in [0.1, 0.15) is 0 Å². The molecule has 21 heavy (non-hydrogen) atoms. The van der Waals surface area contributed by atoms with E-state index in [-0.39, 0.29) is 0 Å². The van der Waals surface area contributed by atoms with Gasteiger partial charge in [0, 0.05) is 25.3 Å². The Bertz CT molecular complexity index is 457. The van der Waals surface area contributed by atoms with Crippen LogP contribution < -0.4 is 20.1 Å². The maximum absolute atomic E-state index is 5.30. The van der Waals surface area contributed by atoms with Gasteiger partial charge in [0.05, 0.1) is 14.2 Å². The van der Waals surface area contributed by atoms with Gasteiger partial charge in [-0.15, -0.1) is 0 Å². The highest BCUT2D eigenvalue weighted by Crippen LogP contribution is 2.29. The van der Waals surface area contributed by atoms with E-state index in [0.29, 0.717) is 17.4 Å². The third-order valence-corrected chi connectivity index (χ3v) is 3.58. The number of hydrogen-bond acceptors (Lipinski definition) is 3. The fraction of sp³-hybridized carbons (Fsp3) is 0.562. The summed E-state index contributed by atoms with van der Waals surface area (Å²) in [7, 11) is 5.02. The molecule has 5 heteroatoms. The highest BCUT2D eigenvalue weighted by Gasteiger charge is 2.08. The molecule has 0 aliphatic rings. The first-order valence-corrected chi connectivity index (χ1v) is 7.38. The van der Waals surface area contributed by atoms with Gasteiger partial charge in [0.15, 0.2) is 17.5 Å². The number of methoxy groups -OCH3 is 2. The van der Waals surface area contributed by atoms with Crippen molar-refractivity contribution in [3.63, 3.8) is 0 Å². The number of anilines is 1. The smallest absolute Gasteiger partial charge is 0.195 e. The Balaban J connectivity index is 2.69. The van der Waals surface area contributed by atoms with E-state index < -0.39 is 0 Å². The monoisotopic (exact) mass is 293 g/mol. The van der Waals surface area contributed by atoms with Crippen molar-refractivity contribution in [2.75, 3.05) is 33.1 Å². The van der Waals surface area contributed by atoms with Crippen molar-refractivity contribution in [2.24, 2.45) is 10.9 Å². The molecule has 1 rings (SSSR count). The molecular formula is C16H27N3O2. The second-order valence-corrected chi connectivity index (χ2v) is 4.83. The topological polar surface area (TPSA) is 54.9 Å². The number of nitrogens with zero attached hydrogens (tertiary/aromatic N) is 1. The molecule has 0 spiro atoms. The van der Waals surface area contributed by atoms with Crippen molar-refractivity contribution in [3.8, 4) is 11.5 Å². The van der Waals surface area contributed by atoms with Crippen LogP contribution in [0.4, 0.5) is 5.69 Å². The summed E-state index contributed by atoms with van der Waals surface area (Å²) < 4.78 is 10.5. The zero-order valence-electron chi connectivity index (χ0n) is 13.7. The van der Waals surface area contributed by atoms with E-state index in [1.807, 2.05) is 18.2 Å². The highest BCUT2D eigenvalue weighted by atomic mass is 16.5. The normalized spacial score (nSPS) is 11.4. The van der Waals surface area contributed by atoms with E-state index in [0.717, 1.165) is 31.0 Å². The van der Waals surface area contributed by atoms with Crippen LogP contribution in [0, 0.1) is 5.92 Å². The molecule has 0 fully saturated rings. The van der Waals surface area contributed by atoms with E-state index in [9.17, 15) is 0 Å². The van der Waals surface area contributed by atoms with Crippen LogP contribution in [0.25, 0.3) is 0 Å². The Morgan fingerprint density at radius 2 is 1.81 bits per heavy atom. The molecule has 1 aromatic carbocycles. The first kappa shape index (κ1) is 17.1. The van der Waals surface area contributed by atoms with E-state index >= 15 is 0 Å².